The van der Waals surface area contributed by atoms with Crippen molar-refractivity contribution in [1.82, 2.24) is 30.4 Å². The number of ether oxygens (including phenoxy) is 4. The van der Waals surface area contributed by atoms with Crippen LogP contribution in [0, 0.1) is 11.8 Å². The molecular weight excluding hydrogens is 815 g/mol. The first-order valence-electron chi connectivity index (χ1n) is 22.9. The highest BCUT2D eigenvalue weighted by molar-refractivity contribution is 6.07. The zero-order chi connectivity index (χ0) is 44.8. The molecule has 1 aromatic heterocycles. The van der Waals surface area contributed by atoms with Crippen LogP contribution in [0.3, 0.4) is 0 Å². The van der Waals surface area contributed by atoms with Crippen LogP contribution in [-0.2, 0) is 36.8 Å². The quantitative estimate of drug-likeness (QED) is 0.144. The second kappa shape index (κ2) is 17.9. The van der Waals surface area contributed by atoms with E-state index >= 15 is 0 Å². The van der Waals surface area contributed by atoms with Gasteiger partial charge in [-0.25, -0.2) is 14.6 Å². The summed E-state index contributed by atoms with van der Waals surface area (Å²) in [7, 11) is 2.62. The molecule has 9 rings (SSSR count). The monoisotopic (exact) mass is 873 g/mol. The number of benzene rings is 3. The number of nitrogens with one attached hydrogen (secondary N) is 3. The van der Waals surface area contributed by atoms with E-state index in [1.54, 1.807) is 0 Å². The molecule has 64 heavy (non-hydrogen) atoms. The summed E-state index contributed by atoms with van der Waals surface area (Å²) < 4.78 is 21.9. The number of hydrogen-bond acceptors (Lipinski definition) is 10. The zero-order valence-corrected chi connectivity index (χ0v) is 37.6. The number of alkyl carbamates (subject to hydrolysis) is 2. The first-order valence-corrected chi connectivity index (χ1v) is 22.9. The molecule has 5 aliphatic heterocycles. The number of amides is 4. The van der Waals surface area contributed by atoms with E-state index in [9.17, 15) is 19.2 Å². The first kappa shape index (κ1) is 43.3. The van der Waals surface area contributed by atoms with Gasteiger partial charge >= 0.3 is 12.2 Å². The van der Waals surface area contributed by atoms with Gasteiger partial charge in [-0.3, -0.25) is 14.6 Å². The molecule has 6 atom stereocenters. The maximum Gasteiger partial charge on any atom is 0.407 e. The Hall–Kier alpha value is -5.96. The molecule has 3 saturated heterocycles. The third-order valence-corrected chi connectivity index (χ3v) is 14.2. The van der Waals surface area contributed by atoms with E-state index in [0.717, 1.165) is 93.5 Å². The number of aliphatic imine (C=N–C) groups is 1. The Morgan fingerprint density at radius 3 is 2.39 bits per heavy atom. The highest BCUT2D eigenvalue weighted by Crippen LogP contribution is 2.45. The molecule has 0 saturated carbocycles. The summed E-state index contributed by atoms with van der Waals surface area (Å²) in [6.45, 7) is 9.49. The van der Waals surface area contributed by atoms with Gasteiger partial charge in [0.25, 0.3) is 0 Å². The van der Waals surface area contributed by atoms with Crippen molar-refractivity contribution in [2.75, 3.05) is 27.4 Å². The summed E-state index contributed by atoms with van der Waals surface area (Å²) in [5.41, 5.74) is 8.03. The molecule has 5 aliphatic rings. The second-order valence-electron chi connectivity index (χ2n) is 18.3. The number of carbonyl (C=O) groups excluding carboxylic acids is 4. The Bertz CT molecular complexity index is 2490. The van der Waals surface area contributed by atoms with Gasteiger partial charge in [-0.15, -0.1) is 0 Å². The van der Waals surface area contributed by atoms with E-state index in [0.29, 0.717) is 44.9 Å². The standard InChI is InChI=1S/C49H59N7O8/c1-7-32-11-15-40(56(32)47(58)44(54-49(60)62-6)28-16-18-63-19-17-28)38-22-35-34-23-42-36(21-29(34)10-13-37(35)51-38)33-12-9-30(20-31(33)25-64-42)39-24-50-45(52-39)41-14-8-27(4)55(41)46(57)43(26(2)3)53-48(59)61-5/h9-10,12-13,20-21,23-24,26-28,32,40-41,43-44H,7-8,11,14-19,22,25H2,1-6H3,(H,50,52)(H,53,59)(H,54,60)/t27-,32-,40-,41-,43-,44+/m0/s1. The fourth-order valence-corrected chi connectivity index (χ4v) is 10.7. The molecule has 3 fully saturated rings. The molecular formula is C49H59N7O8. The predicted molar refractivity (Wildman–Crippen MR) is 241 cm³/mol. The minimum atomic E-state index is -0.717. The number of carbonyl (C=O) groups is 4. The molecule has 4 amide bonds. The van der Waals surface area contributed by atoms with Crippen LogP contribution in [0.25, 0.3) is 33.2 Å². The van der Waals surface area contributed by atoms with Crippen LogP contribution < -0.4 is 15.4 Å². The molecule has 0 bridgehead atoms. The Morgan fingerprint density at radius 2 is 1.64 bits per heavy atom. The van der Waals surface area contributed by atoms with Crippen molar-refractivity contribution in [2.24, 2.45) is 16.8 Å². The van der Waals surface area contributed by atoms with Crippen LogP contribution in [0.15, 0.2) is 53.7 Å². The van der Waals surface area contributed by atoms with Gasteiger partial charge in [-0.05, 0) is 121 Å². The number of methoxy groups -OCH3 is 2. The lowest BCUT2D eigenvalue weighted by atomic mass is 9.89. The smallest absolute Gasteiger partial charge is 0.407 e. The van der Waals surface area contributed by atoms with Crippen LogP contribution in [0.1, 0.15) is 95.6 Å². The van der Waals surface area contributed by atoms with Crippen molar-refractivity contribution in [1.29, 1.82) is 0 Å². The summed E-state index contributed by atoms with van der Waals surface area (Å²) in [4.78, 5) is 70.5. The maximum absolute atomic E-state index is 14.6. The molecule has 0 aliphatic carbocycles. The van der Waals surface area contributed by atoms with E-state index < -0.39 is 24.3 Å². The fraction of sp³-hybridized carbons (Fsp3) is 0.510. The highest BCUT2D eigenvalue weighted by Gasteiger charge is 2.45. The minimum absolute atomic E-state index is 0.0140. The van der Waals surface area contributed by atoms with Crippen LogP contribution in [0.2, 0.25) is 0 Å². The average Bonchev–Trinajstić information content (AvgIpc) is 4.14. The SMILES string of the molecule is CC[C@H]1CC[C@@H](C2=Nc3ccc4cc5c(cc4c3C2)OCc2cc(-c3cnc([C@@H]4CC[C@H](C)N4C(=O)[C@@H](NC(=O)OC)C(C)C)[nH]3)ccc2-5)N1C(=O)[C@H](NC(=O)OC)C1CCOCC1. The van der Waals surface area contributed by atoms with Crippen LogP contribution in [0.5, 0.6) is 5.75 Å². The Labute approximate surface area is 373 Å². The number of hydrogen-bond donors (Lipinski definition) is 3. The Kier molecular flexibility index (Phi) is 12.1. The number of likely N-dealkylation sites (tertiary alicyclic amines) is 2. The van der Waals surface area contributed by atoms with Crippen LogP contribution in [0.4, 0.5) is 15.3 Å². The van der Waals surface area contributed by atoms with Gasteiger partial charge in [0.15, 0.2) is 0 Å². The average molecular weight is 874 g/mol. The van der Waals surface area contributed by atoms with E-state index in [-0.39, 0.29) is 47.8 Å². The molecule has 15 nitrogen and oxygen atoms in total. The summed E-state index contributed by atoms with van der Waals surface area (Å²) in [5, 5.41) is 7.81. The topological polar surface area (TPSA) is 177 Å². The number of H-pyrrole nitrogens is 1. The summed E-state index contributed by atoms with van der Waals surface area (Å²) >= 11 is 0. The molecule has 6 heterocycles. The summed E-state index contributed by atoms with van der Waals surface area (Å²) in [6, 6.07) is 13.1. The van der Waals surface area contributed by atoms with Crippen LogP contribution in [-0.4, -0.2) is 107 Å². The molecule has 15 heteroatoms. The molecule has 0 spiro atoms. The van der Waals surface area contributed by atoms with Crippen molar-refractivity contribution in [3.05, 3.63) is 65.6 Å². The van der Waals surface area contributed by atoms with E-state index in [1.165, 1.54) is 14.2 Å². The largest absolute Gasteiger partial charge is 0.488 e. The molecule has 4 aromatic rings. The van der Waals surface area contributed by atoms with E-state index in [2.05, 4.69) is 65.0 Å². The number of rotatable bonds is 10. The number of imidazole rings is 1. The third-order valence-electron chi connectivity index (χ3n) is 14.2. The normalized spacial score (nSPS) is 22.6. The van der Waals surface area contributed by atoms with Gasteiger partial charge in [0.1, 0.15) is 30.3 Å². The van der Waals surface area contributed by atoms with Crippen molar-refractivity contribution in [3.63, 3.8) is 0 Å². The zero-order valence-electron chi connectivity index (χ0n) is 37.6. The number of aromatic nitrogens is 2. The van der Waals surface area contributed by atoms with Crippen molar-refractivity contribution in [2.45, 2.75) is 122 Å². The molecule has 0 unspecified atom stereocenters. The maximum atomic E-state index is 14.6. The Morgan fingerprint density at radius 1 is 0.875 bits per heavy atom. The number of aromatic amines is 1. The van der Waals surface area contributed by atoms with Gasteiger partial charge in [0, 0.05) is 43.0 Å². The lowest BCUT2D eigenvalue weighted by Crippen LogP contribution is -2.57. The van der Waals surface area contributed by atoms with Crippen molar-refractivity contribution < 1.29 is 38.1 Å². The van der Waals surface area contributed by atoms with Gasteiger partial charge < -0.3 is 44.4 Å². The van der Waals surface area contributed by atoms with Gasteiger partial charge in [-0.1, -0.05) is 39.0 Å². The molecule has 338 valence electrons. The lowest BCUT2D eigenvalue weighted by Gasteiger charge is -2.37. The third kappa shape index (κ3) is 7.96. The highest BCUT2D eigenvalue weighted by atomic mass is 16.5. The summed E-state index contributed by atoms with van der Waals surface area (Å²) in [6.07, 6.45) is 6.71. The minimum Gasteiger partial charge on any atom is -0.488 e. The summed E-state index contributed by atoms with van der Waals surface area (Å²) in [5.74, 6) is 1.15. The van der Waals surface area contributed by atoms with Gasteiger partial charge in [0.05, 0.1) is 43.9 Å². The lowest BCUT2D eigenvalue weighted by molar-refractivity contribution is -0.138. The van der Waals surface area contributed by atoms with Crippen molar-refractivity contribution in [3.8, 4) is 28.1 Å². The molecule has 3 aromatic carbocycles. The van der Waals surface area contributed by atoms with Crippen LogP contribution >= 0.6 is 0 Å². The number of fused-ring (bicyclic) bond motifs is 6. The number of nitrogens with zero attached hydrogens (tertiary/aromatic N) is 4. The molecule has 0 radical (unpaired) electrons. The Balaban J connectivity index is 0.939. The van der Waals surface area contributed by atoms with Gasteiger partial charge in [-0.2, -0.15) is 0 Å². The van der Waals surface area contributed by atoms with E-state index in [1.807, 2.05) is 36.8 Å². The van der Waals surface area contributed by atoms with Crippen molar-refractivity contribution >= 4 is 46.2 Å². The predicted octanol–water partition coefficient (Wildman–Crippen LogP) is 7.77. The first-order chi connectivity index (χ1) is 31.0. The fourth-order valence-electron chi connectivity index (χ4n) is 10.7. The second-order valence-corrected chi connectivity index (χ2v) is 18.3. The van der Waals surface area contributed by atoms with Gasteiger partial charge in [0.2, 0.25) is 11.8 Å². The van der Waals surface area contributed by atoms with E-state index in [4.69, 9.17) is 28.9 Å². The molecule has 3 N–H and O–H groups in total.